The van der Waals surface area contributed by atoms with Gasteiger partial charge in [-0.1, -0.05) is 26.3 Å². The van der Waals surface area contributed by atoms with Crippen molar-refractivity contribution >= 4 is 0 Å². The summed E-state index contributed by atoms with van der Waals surface area (Å²) in [6.45, 7) is 4.20. The zero-order valence-electron chi connectivity index (χ0n) is 12.7. The largest absolute Gasteiger partial charge is 0.505 e. The van der Waals surface area contributed by atoms with E-state index >= 15 is 0 Å². The molecule has 2 N–H and O–H groups in total. The number of aliphatic hydroxyl groups is 1. The molecule has 1 aliphatic carbocycles. The second-order valence-corrected chi connectivity index (χ2v) is 6.46. The second kappa shape index (κ2) is 6.30. The van der Waals surface area contributed by atoms with Gasteiger partial charge in [-0.05, 0) is 55.1 Å². The summed E-state index contributed by atoms with van der Waals surface area (Å²) >= 11 is 0. The first-order valence-corrected chi connectivity index (χ1v) is 7.74. The first kappa shape index (κ1) is 16.2. The molecular weight excluding hydrogens is 274 g/mol. The third-order valence-electron chi connectivity index (χ3n) is 5.18. The Morgan fingerprint density at radius 2 is 1.95 bits per heavy atom. The molecule has 2 rings (SSSR count). The van der Waals surface area contributed by atoms with Gasteiger partial charge in [0, 0.05) is 0 Å². The lowest BCUT2D eigenvalue weighted by atomic mass is 9.72. The van der Waals surface area contributed by atoms with E-state index in [4.69, 9.17) is 5.11 Å². The molecule has 1 aromatic rings. The van der Waals surface area contributed by atoms with Gasteiger partial charge in [0.25, 0.3) is 0 Å². The number of phenols is 1. The van der Waals surface area contributed by atoms with Crippen LogP contribution in [0.15, 0.2) is 12.1 Å². The summed E-state index contributed by atoms with van der Waals surface area (Å²) in [4.78, 5) is 0. The quantitative estimate of drug-likeness (QED) is 0.856. The van der Waals surface area contributed by atoms with Gasteiger partial charge in [0.15, 0.2) is 11.6 Å². The maximum absolute atomic E-state index is 13.8. The van der Waals surface area contributed by atoms with Crippen molar-refractivity contribution in [3.63, 3.8) is 0 Å². The van der Waals surface area contributed by atoms with Crippen molar-refractivity contribution in [2.24, 2.45) is 11.3 Å². The van der Waals surface area contributed by atoms with Crippen LogP contribution in [0.25, 0.3) is 0 Å². The third-order valence-corrected chi connectivity index (χ3v) is 5.18. The number of aromatic hydroxyl groups is 1. The molecule has 1 saturated carbocycles. The summed E-state index contributed by atoms with van der Waals surface area (Å²) in [6.07, 6.45) is 4.53. The minimum atomic E-state index is -1.17. The summed E-state index contributed by atoms with van der Waals surface area (Å²) in [5.74, 6) is -2.45. The highest BCUT2D eigenvalue weighted by molar-refractivity contribution is 5.30. The fourth-order valence-electron chi connectivity index (χ4n) is 3.78. The first-order chi connectivity index (χ1) is 9.90. The lowest BCUT2D eigenvalue weighted by Crippen LogP contribution is -2.32. The molecule has 0 aromatic heterocycles. The van der Waals surface area contributed by atoms with Gasteiger partial charge < -0.3 is 10.2 Å². The highest BCUT2D eigenvalue weighted by Gasteiger charge is 2.44. The van der Waals surface area contributed by atoms with Gasteiger partial charge >= 0.3 is 0 Å². The van der Waals surface area contributed by atoms with E-state index in [-0.39, 0.29) is 11.5 Å². The van der Waals surface area contributed by atoms with Crippen molar-refractivity contribution in [3.05, 3.63) is 29.3 Å². The van der Waals surface area contributed by atoms with Crippen molar-refractivity contribution in [2.75, 3.05) is 0 Å². The third kappa shape index (κ3) is 3.05. The number of halogens is 2. The lowest BCUT2D eigenvalue weighted by molar-refractivity contribution is 0.0293. The van der Waals surface area contributed by atoms with E-state index in [1.54, 1.807) is 0 Å². The van der Waals surface area contributed by atoms with Crippen LogP contribution < -0.4 is 0 Å². The molecule has 1 fully saturated rings. The molecule has 0 unspecified atom stereocenters. The molecule has 2 nitrogen and oxygen atoms in total. The van der Waals surface area contributed by atoms with Crippen LogP contribution in [0.1, 0.15) is 51.5 Å². The maximum Gasteiger partial charge on any atom is 0.200 e. The van der Waals surface area contributed by atoms with E-state index in [0.717, 1.165) is 32.1 Å². The standard InChI is InChI=1S/C17H24F2O2/c1-3-10-17(2)12(7-9-14(17)21)6-4-11-5-8-13(20)16(19)15(11)18/h5,8,12,14,20-21H,3-4,6-7,9-10H2,1-2H3/t12-,14+,17+/m1/s1. The predicted molar refractivity (Wildman–Crippen MR) is 78.1 cm³/mol. The molecule has 0 heterocycles. The fourth-order valence-corrected chi connectivity index (χ4v) is 3.78. The minimum absolute atomic E-state index is 0.124. The number of rotatable bonds is 5. The predicted octanol–water partition coefficient (Wildman–Crippen LogP) is 4.18. The van der Waals surface area contributed by atoms with Crippen molar-refractivity contribution in [2.45, 2.75) is 58.5 Å². The number of phenolic OH excluding ortho intramolecular Hbond substituents is 1. The number of aliphatic hydroxyl groups excluding tert-OH is 1. The summed E-state index contributed by atoms with van der Waals surface area (Å²) in [6, 6.07) is 2.64. The van der Waals surface area contributed by atoms with Gasteiger partial charge in [0.05, 0.1) is 6.10 Å². The van der Waals surface area contributed by atoms with Crippen LogP contribution in [0, 0.1) is 23.0 Å². The molecule has 0 saturated heterocycles. The smallest absolute Gasteiger partial charge is 0.200 e. The molecule has 118 valence electrons. The number of aryl methyl sites for hydroxylation is 1. The summed E-state index contributed by atoms with van der Waals surface area (Å²) in [7, 11) is 0. The second-order valence-electron chi connectivity index (χ2n) is 6.46. The van der Waals surface area contributed by atoms with E-state index in [1.165, 1.54) is 12.1 Å². The summed E-state index contributed by atoms with van der Waals surface area (Å²) in [5.41, 5.74) is 0.172. The van der Waals surface area contributed by atoms with E-state index in [1.807, 2.05) is 0 Å². The van der Waals surface area contributed by atoms with Gasteiger partial charge in [0.2, 0.25) is 5.82 Å². The Kier molecular flexibility index (Phi) is 4.87. The Morgan fingerprint density at radius 1 is 1.24 bits per heavy atom. The van der Waals surface area contributed by atoms with Crippen LogP contribution in [0.3, 0.4) is 0 Å². The Labute approximate surface area is 124 Å². The highest BCUT2D eigenvalue weighted by Crippen LogP contribution is 2.48. The molecule has 0 amide bonds. The van der Waals surface area contributed by atoms with Crippen LogP contribution in [0.2, 0.25) is 0 Å². The lowest BCUT2D eigenvalue weighted by Gasteiger charge is -2.34. The van der Waals surface area contributed by atoms with Crippen LogP contribution in [-0.2, 0) is 6.42 Å². The average molecular weight is 298 g/mol. The number of hydrogen-bond donors (Lipinski definition) is 2. The van der Waals surface area contributed by atoms with Gasteiger partial charge in [0.1, 0.15) is 0 Å². The van der Waals surface area contributed by atoms with Crippen molar-refractivity contribution < 1.29 is 19.0 Å². The minimum Gasteiger partial charge on any atom is -0.505 e. The Hall–Kier alpha value is -1.16. The number of hydrogen-bond acceptors (Lipinski definition) is 2. The topological polar surface area (TPSA) is 40.5 Å². The van der Waals surface area contributed by atoms with Crippen LogP contribution >= 0.6 is 0 Å². The van der Waals surface area contributed by atoms with Crippen molar-refractivity contribution in [1.82, 2.24) is 0 Å². The van der Waals surface area contributed by atoms with Gasteiger partial charge in [-0.25, -0.2) is 4.39 Å². The number of benzene rings is 1. The van der Waals surface area contributed by atoms with Crippen molar-refractivity contribution in [3.8, 4) is 5.75 Å². The molecule has 0 bridgehead atoms. The Bertz CT molecular complexity index is 504. The molecular formula is C17H24F2O2. The van der Waals surface area contributed by atoms with Gasteiger partial charge in [-0.3, -0.25) is 0 Å². The van der Waals surface area contributed by atoms with Gasteiger partial charge in [-0.2, -0.15) is 4.39 Å². The van der Waals surface area contributed by atoms with Crippen LogP contribution in [-0.4, -0.2) is 16.3 Å². The zero-order chi connectivity index (χ0) is 15.6. The highest BCUT2D eigenvalue weighted by atomic mass is 19.2. The monoisotopic (exact) mass is 298 g/mol. The Morgan fingerprint density at radius 3 is 2.62 bits per heavy atom. The molecule has 0 aliphatic heterocycles. The van der Waals surface area contributed by atoms with Crippen molar-refractivity contribution in [1.29, 1.82) is 0 Å². The first-order valence-electron chi connectivity index (χ1n) is 7.74. The molecule has 0 spiro atoms. The van der Waals surface area contributed by atoms with E-state index in [9.17, 15) is 13.9 Å². The average Bonchev–Trinajstić information content (AvgIpc) is 2.72. The molecule has 4 heteroatoms. The zero-order valence-corrected chi connectivity index (χ0v) is 12.7. The molecule has 1 aromatic carbocycles. The van der Waals surface area contributed by atoms with Crippen LogP contribution in [0.4, 0.5) is 8.78 Å². The fraction of sp³-hybridized carbons (Fsp3) is 0.647. The SMILES string of the molecule is CCC[C@@]1(C)[C@H](CCc2ccc(O)c(F)c2F)CC[C@@H]1O. The molecule has 1 aliphatic rings. The maximum atomic E-state index is 13.8. The summed E-state index contributed by atoms with van der Waals surface area (Å²) < 4.78 is 27.1. The van der Waals surface area contributed by atoms with Gasteiger partial charge in [-0.15, -0.1) is 0 Å². The molecule has 0 radical (unpaired) electrons. The summed E-state index contributed by atoms with van der Waals surface area (Å²) in [5, 5.41) is 19.4. The molecule has 21 heavy (non-hydrogen) atoms. The van der Waals surface area contributed by atoms with E-state index < -0.39 is 17.4 Å². The Balaban J connectivity index is 2.08. The van der Waals surface area contributed by atoms with Crippen LogP contribution in [0.5, 0.6) is 5.75 Å². The normalized spacial score (nSPS) is 29.0. The van der Waals surface area contributed by atoms with E-state index in [0.29, 0.717) is 17.9 Å². The molecule has 3 atom stereocenters. The van der Waals surface area contributed by atoms with E-state index in [2.05, 4.69) is 13.8 Å².